The van der Waals surface area contributed by atoms with Gasteiger partial charge in [-0.2, -0.15) is 0 Å². The Morgan fingerprint density at radius 2 is 2.24 bits per heavy atom. The number of carbonyl (C=O) groups is 2. The van der Waals surface area contributed by atoms with E-state index in [4.69, 9.17) is 5.11 Å². The first-order valence-electron chi connectivity index (χ1n) is 5.28. The number of aryl methyl sites for hydroxylation is 1. The Kier molecular flexibility index (Phi) is 3.19. The quantitative estimate of drug-likeness (QED) is 0.910. The second-order valence-electron chi connectivity index (χ2n) is 4.17. The average Bonchev–Trinajstić information content (AvgIpc) is 2.61. The van der Waals surface area contributed by atoms with Gasteiger partial charge in [0.25, 0.3) is 0 Å². The van der Waals surface area contributed by atoms with Gasteiger partial charge in [0.05, 0.1) is 5.92 Å². The number of hydrogen-bond donors (Lipinski definition) is 1. The predicted molar refractivity (Wildman–Crippen MR) is 67.0 cm³/mol. The van der Waals surface area contributed by atoms with E-state index >= 15 is 0 Å². The zero-order chi connectivity index (χ0) is 12.6. The minimum Gasteiger partial charge on any atom is -0.481 e. The third kappa shape index (κ3) is 2.34. The first kappa shape index (κ1) is 12.1. The van der Waals surface area contributed by atoms with Crippen LogP contribution >= 0.6 is 15.9 Å². The van der Waals surface area contributed by atoms with E-state index < -0.39 is 11.9 Å². The van der Waals surface area contributed by atoms with Gasteiger partial charge in [-0.3, -0.25) is 9.59 Å². The van der Waals surface area contributed by atoms with Crippen LogP contribution in [0.5, 0.6) is 0 Å². The summed E-state index contributed by atoms with van der Waals surface area (Å²) in [5, 5.41) is 8.92. The lowest BCUT2D eigenvalue weighted by molar-refractivity contribution is -0.141. The molecule has 1 N–H and O–H groups in total. The van der Waals surface area contributed by atoms with Crippen LogP contribution in [0, 0.1) is 12.8 Å². The van der Waals surface area contributed by atoms with Gasteiger partial charge in [-0.15, -0.1) is 0 Å². The summed E-state index contributed by atoms with van der Waals surface area (Å²) in [5.74, 6) is -1.62. The number of carbonyl (C=O) groups excluding carboxylic acids is 1. The Labute approximate surface area is 107 Å². The number of anilines is 1. The predicted octanol–water partition coefficient (Wildman–Crippen LogP) is 2.20. The number of hydrogen-bond acceptors (Lipinski definition) is 2. The molecule has 1 atom stereocenters. The van der Waals surface area contributed by atoms with E-state index in [2.05, 4.69) is 15.9 Å². The molecule has 90 valence electrons. The van der Waals surface area contributed by atoms with Crippen molar-refractivity contribution >= 4 is 33.5 Å². The second kappa shape index (κ2) is 4.49. The van der Waals surface area contributed by atoms with Gasteiger partial charge < -0.3 is 10.0 Å². The zero-order valence-electron chi connectivity index (χ0n) is 9.31. The molecule has 5 heteroatoms. The van der Waals surface area contributed by atoms with Crippen LogP contribution in [0.15, 0.2) is 22.7 Å². The van der Waals surface area contributed by atoms with Crippen molar-refractivity contribution in [1.82, 2.24) is 0 Å². The number of carboxylic acids is 1. The summed E-state index contributed by atoms with van der Waals surface area (Å²) in [6.45, 7) is 2.16. The molecule has 1 amide bonds. The number of rotatable bonds is 2. The Balaban J connectivity index is 2.29. The van der Waals surface area contributed by atoms with E-state index in [0.29, 0.717) is 0 Å². The van der Waals surface area contributed by atoms with Crippen molar-refractivity contribution in [1.29, 1.82) is 0 Å². The molecule has 1 aliphatic rings. The molecule has 0 aliphatic carbocycles. The molecule has 0 unspecified atom stereocenters. The fraction of sp³-hybridized carbons (Fsp3) is 0.333. The minimum atomic E-state index is -0.907. The van der Waals surface area contributed by atoms with Crippen molar-refractivity contribution in [3.8, 4) is 0 Å². The summed E-state index contributed by atoms with van der Waals surface area (Å²) in [6.07, 6.45) is 0.0881. The smallest absolute Gasteiger partial charge is 0.308 e. The van der Waals surface area contributed by atoms with Gasteiger partial charge in [-0.25, -0.2) is 0 Å². The van der Waals surface area contributed by atoms with E-state index in [1.165, 1.54) is 0 Å². The standard InChI is InChI=1S/C12H12BrNO3/c1-7-4-9(13)2-3-10(7)14-6-8(12(16)17)5-11(14)15/h2-4,8H,5-6H2,1H3,(H,16,17)/t8-/m1/s1. The fourth-order valence-corrected chi connectivity index (χ4v) is 2.50. The Morgan fingerprint density at radius 3 is 2.76 bits per heavy atom. The van der Waals surface area contributed by atoms with Crippen LogP contribution in [0.2, 0.25) is 0 Å². The molecule has 0 bridgehead atoms. The van der Waals surface area contributed by atoms with E-state index in [1.807, 2.05) is 25.1 Å². The SMILES string of the molecule is Cc1cc(Br)ccc1N1C[C@H](C(=O)O)CC1=O. The Morgan fingerprint density at radius 1 is 1.53 bits per heavy atom. The van der Waals surface area contributed by atoms with Gasteiger partial charge in [0.2, 0.25) is 5.91 Å². The Bertz CT molecular complexity index is 487. The van der Waals surface area contributed by atoms with Crippen LogP contribution in [0.3, 0.4) is 0 Å². The molecule has 1 heterocycles. The second-order valence-corrected chi connectivity index (χ2v) is 5.09. The van der Waals surface area contributed by atoms with E-state index in [-0.39, 0.29) is 18.9 Å². The molecule has 0 aromatic heterocycles. The molecule has 17 heavy (non-hydrogen) atoms. The summed E-state index contributed by atoms with van der Waals surface area (Å²) in [6, 6.07) is 5.60. The summed E-state index contributed by atoms with van der Waals surface area (Å²) in [7, 11) is 0. The lowest BCUT2D eigenvalue weighted by Crippen LogP contribution is -2.26. The lowest BCUT2D eigenvalue weighted by Gasteiger charge is -2.18. The number of nitrogens with zero attached hydrogens (tertiary/aromatic N) is 1. The number of halogens is 1. The number of aliphatic carboxylic acids is 1. The topological polar surface area (TPSA) is 57.6 Å². The maximum atomic E-state index is 11.8. The molecule has 4 nitrogen and oxygen atoms in total. The highest BCUT2D eigenvalue weighted by Gasteiger charge is 2.35. The van der Waals surface area contributed by atoms with Crippen LogP contribution in [0.4, 0.5) is 5.69 Å². The molecule has 1 aromatic rings. The van der Waals surface area contributed by atoms with Crippen molar-refractivity contribution in [2.45, 2.75) is 13.3 Å². The molecule has 2 rings (SSSR count). The van der Waals surface area contributed by atoms with Crippen molar-refractivity contribution in [2.75, 3.05) is 11.4 Å². The highest BCUT2D eigenvalue weighted by molar-refractivity contribution is 9.10. The van der Waals surface area contributed by atoms with Crippen LogP contribution in [0.25, 0.3) is 0 Å². The molecule has 1 fully saturated rings. The van der Waals surface area contributed by atoms with Crippen molar-refractivity contribution in [2.24, 2.45) is 5.92 Å². The first-order chi connectivity index (χ1) is 7.99. The highest BCUT2D eigenvalue weighted by atomic mass is 79.9. The molecular formula is C12H12BrNO3. The average molecular weight is 298 g/mol. The maximum Gasteiger partial charge on any atom is 0.308 e. The largest absolute Gasteiger partial charge is 0.481 e. The number of benzene rings is 1. The van der Waals surface area contributed by atoms with Gasteiger partial charge in [0.1, 0.15) is 0 Å². The van der Waals surface area contributed by atoms with E-state index in [0.717, 1.165) is 15.7 Å². The molecular weight excluding hydrogens is 286 g/mol. The highest BCUT2D eigenvalue weighted by Crippen LogP contribution is 2.29. The first-order valence-corrected chi connectivity index (χ1v) is 6.07. The summed E-state index contributed by atoms with van der Waals surface area (Å²) in [4.78, 5) is 24.2. The van der Waals surface area contributed by atoms with Gasteiger partial charge in [-0.1, -0.05) is 15.9 Å². The molecule has 0 saturated carbocycles. The third-order valence-electron chi connectivity index (χ3n) is 2.92. The Hall–Kier alpha value is -1.36. The van der Waals surface area contributed by atoms with E-state index in [9.17, 15) is 9.59 Å². The molecule has 1 aromatic carbocycles. The summed E-state index contributed by atoms with van der Waals surface area (Å²) < 4.78 is 0.945. The zero-order valence-corrected chi connectivity index (χ0v) is 10.9. The molecule has 1 aliphatic heterocycles. The molecule has 0 spiro atoms. The van der Waals surface area contributed by atoms with Gasteiger partial charge in [0, 0.05) is 23.1 Å². The minimum absolute atomic E-state index is 0.0881. The van der Waals surface area contributed by atoms with Crippen LogP contribution in [-0.2, 0) is 9.59 Å². The van der Waals surface area contributed by atoms with Gasteiger partial charge >= 0.3 is 5.97 Å². The molecule has 0 radical (unpaired) electrons. The van der Waals surface area contributed by atoms with E-state index in [1.54, 1.807) is 4.90 Å². The summed E-state index contributed by atoms with van der Waals surface area (Å²) in [5.41, 5.74) is 1.75. The van der Waals surface area contributed by atoms with Crippen LogP contribution in [0.1, 0.15) is 12.0 Å². The van der Waals surface area contributed by atoms with Crippen molar-refractivity contribution in [3.05, 3.63) is 28.2 Å². The third-order valence-corrected chi connectivity index (χ3v) is 3.42. The van der Waals surface area contributed by atoms with Crippen LogP contribution < -0.4 is 4.90 Å². The van der Waals surface area contributed by atoms with Crippen molar-refractivity contribution in [3.63, 3.8) is 0 Å². The van der Waals surface area contributed by atoms with Gasteiger partial charge in [-0.05, 0) is 30.7 Å². The van der Waals surface area contributed by atoms with Gasteiger partial charge in [0.15, 0.2) is 0 Å². The summed E-state index contributed by atoms with van der Waals surface area (Å²) >= 11 is 3.36. The number of amides is 1. The number of carboxylic acid groups (broad SMARTS) is 1. The fourth-order valence-electron chi connectivity index (χ4n) is 2.03. The van der Waals surface area contributed by atoms with Crippen molar-refractivity contribution < 1.29 is 14.7 Å². The lowest BCUT2D eigenvalue weighted by atomic mass is 10.1. The maximum absolute atomic E-state index is 11.8. The molecule has 1 saturated heterocycles. The van der Waals surface area contributed by atoms with Crippen LogP contribution in [-0.4, -0.2) is 23.5 Å². The normalized spacial score (nSPS) is 19.8. The monoisotopic (exact) mass is 297 g/mol.